The van der Waals surface area contributed by atoms with Crippen LogP contribution in [0.1, 0.15) is 36.2 Å². The summed E-state index contributed by atoms with van der Waals surface area (Å²) < 4.78 is 5.48. The largest absolute Gasteiger partial charge is 0.384 e. The van der Waals surface area contributed by atoms with Crippen molar-refractivity contribution in [3.63, 3.8) is 0 Å². The van der Waals surface area contributed by atoms with Crippen molar-refractivity contribution < 1.29 is 9.53 Å². The van der Waals surface area contributed by atoms with Gasteiger partial charge >= 0.3 is 0 Å². The van der Waals surface area contributed by atoms with E-state index in [0.717, 1.165) is 57.7 Å². The second-order valence-electron chi connectivity index (χ2n) is 7.37. The molecular formula is C20H30N2O2. The van der Waals surface area contributed by atoms with Gasteiger partial charge in [0.05, 0.1) is 6.61 Å². The lowest BCUT2D eigenvalue weighted by Crippen LogP contribution is -2.38. The summed E-state index contributed by atoms with van der Waals surface area (Å²) >= 11 is 0. The molecule has 4 heteroatoms. The lowest BCUT2D eigenvalue weighted by molar-refractivity contribution is 0.0716. The van der Waals surface area contributed by atoms with Gasteiger partial charge in [0.2, 0.25) is 0 Å². The summed E-state index contributed by atoms with van der Waals surface area (Å²) in [4.78, 5) is 17.4. The summed E-state index contributed by atoms with van der Waals surface area (Å²) in [6.45, 7) is 10.1. The molecule has 0 N–H and O–H groups in total. The van der Waals surface area contributed by atoms with Crippen LogP contribution in [-0.4, -0.2) is 62.1 Å². The number of methoxy groups -OCH3 is 1. The number of carbonyl (C=O) groups is 1. The Hall–Kier alpha value is -1.39. The van der Waals surface area contributed by atoms with Crippen LogP contribution in [0.15, 0.2) is 24.3 Å². The zero-order valence-electron chi connectivity index (χ0n) is 15.3. The number of nitrogens with zero attached hydrogens (tertiary/aromatic N) is 2. The molecule has 2 saturated heterocycles. The first-order valence-electron chi connectivity index (χ1n) is 9.21. The van der Waals surface area contributed by atoms with Crippen molar-refractivity contribution in [2.24, 2.45) is 11.3 Å². The van der Waals surface area contributed by atoms with Crippen LogP contribution >= 0.6 is 0 Å². The Morgan fingerprint density at radius 2 is 2.00 bits per heavy atom. The first-order chi connectivity index (χ1) is 11.6. The predicted molar refractivity (Wildman–Crippen MR) is 96.3 cm³/mol. The lowest BCUT2D eigenvalue weighted by atomic mass is 9.77. The smallest absolute Gasteiger partial charge is 0.253 e. The Morgan fingerprint density at radius 1 is 1.25 bits per heavy atom. The molecule has 0 aromatic heterocycles. The third-order valence-corrected chi connectivity index (χ3v) is 5.98. The van der Waals surface area contributed by atoms with Crippen LogP contribution in [0.3, 0.4) is 0 Å². The number of hydrogen-bond donors (Lipinski definition) is 0. The Bertz CT molecular complexity index is 572. The van der Waals surface area contributed by atoms with Crippen molar-refractivity contribution in [2.75, 3.05) is 46.4 Å². The fraction of sp³-hybridized carbons (Fsp3) is 0.650. The molecule has 0 saturated carbocycles. The minimum atomic E-state index is 0.181. The number of carbonyl (C=O) groups excluding carboxylic acids is 1. The number of benzene rings is 1. The van der Waals surface area contributed by atoms with E-state index >= 15 is 0 Å². The van der Waals surface area contributed by atoms with E-state index < -0.39 is 0 Å². The molecule has 2 aliphatic rings. The van der Waals surface area contributed by atoms with Gasteiger partial charge in [-0.1, -0.05) is 26.0 Å². The molecular weight excluding hydrogens is 300 g/mol. The highest BCUT2D eigenvalue weighted by atomic mass is 16.5. The quantitative estimate of drug-likeness (QED) is 0.832. The summed E-state index contributed by atoms with van der Waals surface area (Å²) in [5.41, 5.74) is 2.31. The predicted octanol–water partition coefficient (Wildman–Crippen LogP) is 2.68. The standard InChI is InChI=1S/C20H30N2O2/c1-4-16-6-8-17(9-7-16)19(23)22-11-10-20(15-22)14-21(5-2)12-18(20)13-24-3/h6-9,18H,4-5,10-15H2,1-3H3/t18-,20+/m0/s1. The highest BCUT2D eigenvalue weighted by Crippen LogP contribution is 2.44. The Balaban J connectivity index is 1.72. The van der Waals surface area contributed by atoms with E-state index in [1.807, 2.05) is 12.1 Å². The molecule has 2 atom stereocenters. The maximum atomic E-state index is 12.9. The number of ether oxygens (including phenoxy) is 1. The Labute approximate surface area is 145 Å². The maximum absolute atomic E-state index is 12.9. The average Bonchev–Trinajstić information content (AvgIpc) is 3.20. The zero-order valence-corrected chi connectivity index (χ0v) is 15.3. The van der Waals surface area contributed by atoms with Gasteiger partial charge < -0.3 is 14.5 Å². The van der Waals surface area contributed by atoms with Crippen LogP contribution in [0.5, 0.6) is 0 Å². The summed E-state index contributed by atoms with van der Waals surface area (Å²) in [5.74, 6) is 0.711. The third kappa shape index (κ3) is 3.22. The van der Waals surface area contributed by atoms with Gasteiger partial charge in [0.15, 0.2) is 0 Å². The zero-order chi connectivity index (χ0) is 17.2. The number of amides is 1. The number of hydrogen-bond acceptors (Lipinski definition) is 3. The van der Waals surface area contributed by atoms with Gasteiger partial charge in [-0.05, 0) is 37.1 Å². The minimum Gasteiger partial charge on any atom is -0.384 e. The van der Waals surface area contributed by atoms with E-state index in [9.17, 15) is 4.79 Å². The van der Waals surface area contributed by atoms with E-state index in [-0.39, 0.29) is 11.3 Å². The van der Waals surface area contributed by atoms with Crippen molar-refractivity contribution in [3.05, 3.63) is 35.4 Å². The number of rotatable bonds is 5. The topological polar surface area (TPSA) is 32.8 Å². The molecule has 3 rings (SSSR count). The van der Waals surface area contributed by atoms with Crippen molar-refractivity contribution in [1.29, 1.82) is 0 Å². The number of likely N-dealkylation sites (tertiary alicyclic amines) is 2. The van der Waals surface area contributed by atoms with Crippen LogP contribution in [0.2, 0.25) is 0 Å². The Kier molecular flexibility index (Phi) is 5.26. The van der Waals surface area contributed by atoms with Crippen LogP contribution in [-0.2, 0) is 11.2 Å². The van der Waals surface area contributed by atoms with Crippen molar-refractivity contribution in [2.45, 2.75) is 26.7 Å². The molecule has 1 amide bonds. The molecule has 0 unspecified atom stereocenters. The SMILES string of the molecule is CCc1ccc(C(=O)N2CC[C@@]3(CN(CC)C[C@H]3COC)C2)cc1. The van der Waals surface area contributed by atoms with E-state index in [4.69, 9.17) is 4.74 Å². The molecule has 0 bridgehead atoms. The second kappa shape index (κ2) is 7.24. The van der Waals surface area contributed by atoms with Crippen LogP contribution in [0.4, 0.5) is 0 Å². The van der Waals surface area contributed by atoms with Gasteiger partial charge in [0.25, 0.3) is 5.91 Å². The van der Waals surface area contributed by atoms with Crippen LogP contribution in [0, 0.1) is 11.3 Å². The van der Waals surface area contributed by atoms with Gasteiger partial charge in [-0.2, -0.15) is 0 Å². The van der Waals surface area contributed by atoms with Crippen LogP contribution in [0.25, 0.3) is 0 Å². The lowest BCUT2D eigenvalue weighted by Gasteiger charge is -2.30. The van der Waals surface area contributed by atoms with E-state index in [2.05, 4.69) is 35.8 Å². The van der Waals surface area contributed by atoms with Crippen molar-refractivity contribution in [3.8, 4) is 0 Å². The molecule has 1 aromatic rings. The van der Waals surface area contributed by atoms with Crippen LogP contribution < -0.4 is 0 Å². The normalized spacial score (nSPS) is 27.3. The molecule has 1 spiro atoms. The fourth-order valence-electron chi connectivity index (χ4n) is 4.41. The van der Waals surface area contributed by atoms with Gasteiger partial charge in [0.1, 0.15) is 0 Å². The molecule has 132 valence electrons. The van der Waals surface area contributed by atoms with Gasteiger partial charge in [-0.3, -0.25) is 4.79 Å². The Morgan fingerprint density at radius 3 is 2.62 bits per heavy atom. The van der Waals surface area contributed by atoms with Gasteiger partial charge in [0, 0.05) is 50.2 Å². The van der Waals surface area contributed by atoms with Gasteiger partial charge in [-0.25, -0.2) is 0 Å². The molecule has 2 fully saturated rings. The summed E-state index contributed by atoms with van der Waals surface area (Å²) in [5, 5.41) is 0. The molecule has 2 heterocycles. The summed E-state index contributed by atoms with van der Waals surface area (Å²) in [6.07, 6.45) is 2.10. The monoisotopic (exact) mass is 330 g/mol. The molecule has 0 aliphatic carbocycles. The molecule has 1 aromatic carbocycles. The fourth-order valence-corrected chi connectivity index (χ4v) is 4.41. The number of aryl methyl sites for hydroxylation is 1. The highest BCUT2D eigenvalue weighted by Gasteiger charge is 2.50. The molecule has 4 nitrogen and oxygen atoms in total. The molecule has 24 heavy (non-hydrogen) atoms. The second-order valence-corrected chi connectivity index (χ2v) is 7.37. The maximum Gasteiger partial charge on any atom is 0.253 e. The third-order valence-electron chi connectivity index (χ3n) is 5.98. The van der Waals surface area contributed by atoms with Crippen molar-refractivity contribution >= 4 is 5.91 Å². The van der Waals surface area contributed by atoms with E-state index in [0.29, 0.717) is 5.92 Å². The summed E-state index contributed by atoms with van der Waals surface area (Å²) in [7, 11) is 1.79. The minimum absolute atomic E-state index is 0.181. The summed E-state index contributed by atoms with van der Waals surface area (Å²) in [6, 6.07) is 8.10. The average molecular weight is 330 g/mol. The van der Waals surface area contributed by atoms with E-state index in [1.54, 1.807) is 7.11 Å². The highest BCUT2D eigenvalue weighted by molar-refractivity contribution is 5.94. The van der Waals surface area contributed by atoms with E-state index in [1.165, 1.54) is 5.56 Å². The van der Waals surface area contributed by atoms with Gasteiger partial charge in [-0.15, -0.1) is 0 Å². The van der Waals surface area contributed by atoms with Crippen molar-refractivity contribution in [1.82, 2.24) is 9.80 Å². The molecule has 2 aliphatic heterocycles. The first kappa shape index (κ1) is 17.4. The first-order valence-corrected chi connectivity index (χ1v) is 9.21. The molecule has 0 radical (unpaired) electrons.